The molecule has 0 heterocycles. The van der Waals surface area contributed by atoms with Gasteiger partial charge in [-0.05, 0) is 53.1 Å². The molecule has 164 valence electrons. The largest absolute Gasteiger partial charge is 0.480 e. The van der Waals surface area contributed by atoms with E-state index in [-0.39, 0.29) is 18.9 Å². The van der Waals surface area contributed by atoms with Crippen LogP contribution in [0.15, 0.2) is 72.8 Å². The zero-order valence-corrected chi connectivity index (χ0v) is 18.2. The van der Waals surface area contributed by atoms with Gasteiger partial charge in [0.25, 0.3) is 0 Å². The molecular formula is C26H24ClNO4. The van der Waals surface area contributed by atoms with Gasteiger partial charge < -0.3 is 15.2 Å². The number of ether oxygens (including phenoxy) is 1. The van der Waals surface area contributed by atoms with Crippen molar-refractivity contribution in [2.24, 2.45) is 0 Å². The highest BCUT2D eigenvalue weighted by atomic mass is 35.5. The van der Waals surface area contributed by atoms with E-state index >= 15 is 0 Å². The quantitative estimate of drug-likeness (QED) is 0.465. The first-order valence-corrected chi connectivity index (χ1v) is 11.0. The van der Waals surface area contributed by atoms with Gasteiger partial charge in [-0.15, -0.1) is 0 Å². The molecule has 3 aromatic carbocycles. The molecule has 2 N–H and O–H groups in total. The first-order chi connectivity index (χ1) is 15.5. The van der Waals surface area contributed by atoms with Crippen molar-refractivity contribution in [3.05, 3.63) is 94.5 Å². The summed E-state index contributed by atoms with van der Waals surface area (Å²) in [4.78, 5) is 24.0. The van der Waals surface area contributed by atoms with Gasteiger partial charge in [0.2, 0.25) is 0 Å². The van der Waals surface area contributed by atoms with Gasteiger partial charge in [0, 0.05) is 10.9 Å². The maximum Gasteiger partial charge on any atom is 0.407 e. The summed E-state index contributed by atoms with van der Waals surface area (Å²) < 4.78 is 5.47. The van der Waals surface area contributed by atoms with Gasteiger partial charge in [0.15, 0.2) is 0 Å². The molecule has 4 rings (SSSR count). The number of halogens is 1. The number of aliphatic carboxylic acids is 1. The van der Waals surface area contributed by atoms with Gasteiger partial charge >= 0.3 is 12.1 Å². The highest BCUT2D eigenvalue weighted by Crippen LogP contribution is 2.44. The average molecular weight is 450 g/mol. The van der Waals surface area contributed by atoms with E-state index in [2.05, 4.69) is 17.4 Å². The third kappa shape index (κ3) is 4.78. The first kappa shape index (κ1) is 21.9. The minimum Gasteiger partial charge on any atom is -0.480 e. The number of carbonyl (C=O) groups excluding carboxylic acids is 1. The summed E-state index contributed by atoms with van der Waals surface area (Å²) in [6.07, 6.45) is 0.766. The summed E-state index contributed by atoms with van der Waals surface area (Å²) in [6, 6.07) is 22.6. The molecule has 0 radical (unpaired) electrons. The predicted octanol–water partition coefficient (Wildman–Crippen LogP) is 5.65. The molecule has 32 heavy (non-hydrogen) atoms. The lowest BCUT2D eigenvalue weighted by molar-refractivity contribution is -0.139. The molecule has 3 aromatic rings. The number of benzene rings is 3. The lowest BCUT2D eigenvalue weighted by atomic mass is 9.98. The molecule has 0 fully saturated rings. The second-order valence-electron chi connectivity index (χ2n) is 7.84. The maximum atomic E-state index is 12.4. The number of alkyl carbamates (subject to hydrolysis) is 1. The number of nitrogens with one attached hydrogen (secondary N) is 1. The Kier molecular flexibility index (Phi) is 6.76. The van der Waals surface area contributed by atoms with Crippen LogP contribution in [0.1, 0.15) is 35.4 Å². The van der Waals surface area contributed by atoms with Gasteiger partial charge in [0.05, 0.1) is 0 Å². The van der Waals surface area contributed by atoms with Crippen LogP contribution in [0, 0.1) is 0 Å². The molecule has 0 aromatic heterocycles. The molecule has 1 aliphatic carbocycles. The molecule has 0 bridgehead atoms. The summed E-state index contributed by atoms with van der Waals surface area (Å²) in [7, 11) is 0. The van der Waals surface area contributed by atoms with E-state index in [0.717, 1.165) is 27.8 Å². The van der Waals surface area contributed by atoms with E-state index in [4.69, 9.17) is 16.3 Å². The Balaban J connectivity index is 1.34. The van der Waals surface area contributed by atoms with Crippen LogP contribution in [-0.4, -0.2) is 29.8 Å². The fourth-order valence-corrected chi connectivity index (χ4v) is 4.47. The number of fused-ring (bicyclic) bond motifs is 3. The van der Waals surface area contributed by atoms with E-state index in [1.54, 1.807) is 6.07 Å². The topological polar surface area (TPSA) is 75.6 Å². The van der Waals surface area contributed by atoms with E-state index in [1.807, 2.05) is 54.6 Å². The lowest BCUT2D eigenvalue weighted by Gasteiger charge is -2.17. The third-order valence-corrected chi connectivity index (χ3v) is 6.20. The predicted molar refractivity (Wildman–Crippen MR) is 124 cm³/mol. The number of aryl methyl sites for hydroxylation is 1. The van der Waals surface area contributed by atoms with Crippen LogP contribution in [0.3, 0.4) is 0 Å². The zero-order chi connectivity index (χ0) is 22.5. The summed E-state index contributed by atoms with van der Waals surface area (Å²) in [5.74, 6) is -1.16. The molecule has 0 spiro atoms. The van der Waals surface area contributed by atoms with Crippen LogP contribution < -0.4 is 5.32 Å². The number of hydrogen-bond donors (Lipinski definition) is 2. The van der Waals surface area contributed by atoms with E-state index < -0.39 is 18.1 Å². The summed E-state index contributed by atoms with van der Waals surface area (Å²) in [5, 5.41) is 12.7. The molecule has 1 aliphatic rings. The van der Waals surface area contributed by atoms with Crippen LogP contribution in [0.5, 0.6) is 0 Å². The molecule has 0 aliphatic heterocycles. The van der Waals surface area contributed by atoms with Crippen molar-refractivity contribution < 1.29 is 19.4 Å². The highest BCUT2D eigenvalue weighted by Gasteiger charge is 2.29. The molecule has 0 saturated heterocycles. The first-order valence-electron chi connectivity index (χ1n) is 10.6. The van der Waals surface area contributed by atoms with Crippen LogP contribution >= 0.6 is 11.6 Å². The van der Waals surface area contributed by atoms with Crippen molar-refractivity contribution in [3.8, 4) is 11.1 Å². The van der Waals surface area contributed by atoms with Crippen LogP contribution in [0.25, 0.3) is 11.1 Å². The van der Waals surface area contributed by atoms with Crippen molar-refractivity contribution in [3.63, 3.8) is 0 Å². The van der Waals surface area contributed by atoms with Crippen molar-refractivity contribution in [2.45, 2.75) is 31.2 Å². The fourth-order valence-electron chi connectivity index (χ4n) is 4.24. The number of carboxylic acid groups (broad SMARTS) is 1. The van der Waals surface area contributed by atoms with Gasteiger partial charge in [-0.25, -0.2) is 9.59 Å². The number of carboxylic acids is 1. The van der Waals surface area contributed by atoms with Crippen molar-refractivity contribution >= 4 is 23.7 Å². The van der Waals surface area contributed by atoms with E-state index in [0.29, 0.717) is 17.9 Å². The SMILES string of the molecule is O=C(NC(CCCc1ccccc1Cl)C(=O)O)OCC1c2ccccc2-c2ccccc21. The number of rotatable bonds is 8. The second-order valence-corrected chi connectivity index (χ2v) is 8.25. The minimum atomic E-state index is -1.09. The highest BCUT2D eigenvalue weighted by molar-refractivity contribution is 6.31. The summed E-state index contributed by atoms with van der Waals surface area (Å²) in [5.41, 5.74) is 5.45. The monoisotopic (exact) mass is 449 g/mol. The molecular weight excluding hydrogens is 426 g/mol. The minimum absolute atomic E-state index is 0.0725. The van der Waals surface area contributed by atoms with Crippen molar-refractivity contribution in [1.82, 2.24) is 5.32 Å². The third-order valence-electron chi connectivity index (χ3n) is 5.83. The molecule has 1 atom stereocenters. The Hall–Kier alpha value is -3.31. The number of amides is 1. The summed E-state index contributed by atoms with van der Waals surface area (Å²) >= 11 is 6.16. The van der Waals surface area contributed by atoms with Gasteiger partial charge in [-0.3, -0.25) is 0 Å². The zero-order valence-electron chi connectivity index (χ0n) is 17.5. The Morgan fingerprint density at radius 1 is 0.938 bits per heavy atom. The maximum absolute atomic E-state index is 12.4. The van der Waals surface area contributed by atoms with Crippen molar-refractivity contribution in [1.29, 1.82) is 0 Å². The molecule has 1 amide bonds. The Bertz CT molecular complexity index is 1080. The molecule has 0 saturated carbocycles. The van der Waals surface area contributed by atoms with Crippen LogP contribution in [0.4, 0.5) is 4.79 Å². The molecule has 6 heteroatoms. The second kappa shape index (κ2) is 9.88. The Labute approximate surface area is 192 Å². The Morgan fingerprint density at radius 3 is 2.16 bits per heavy atom. The fraction of sp³-hybridized carbons (Fsp3) is 0.231. The number of carbonyl (C=O) groups is 2. The van der Waals surface area contributed by atoms with Gasteiger partial charge in [-0.2, -0.15) is 0 Å². The lowest BCUT2D eigenvalue weighted by Crippen LogP contribution is -2.41. The van der Waals surface area contributed by atoms with E-state index in [1.165, 1.54) is 0 Å². The molecule has 1 unspecified atom stereocenters. The summed E-state index contributed by atoms with van der Waals surface area (Å²) in [6.45, 7) is 0.145. The normalized spacial score (nSPS) is 13.2. The number of hydrogen-bond acceptors (Lipinski definition) is 3. The van der Waals surface area contributed by atoms with Gasteiger partial charge in [0.1, 0.15) is 12.6 Å². The van der Waals surface area contributed by atoms with Crippen LogP contribution in [-0.2, 0) is 16.0 Å². The molecule has 5 nitrogen and oxygen atoms in total. The Morgan fingerprint density at radius 2 is 1.53 bits per heavy atom. The van der Waals surface area contributed by atoms with E-state index in [9.17, 15) is 14.7 Å². The van der Waals surface area contributed by atoms with Crippen molar-refractivity contribution in [2.75, 3.05) is 6.61 Å². The van der Waals surface area contributed by atoms with Crippen LogP contribution in [0.2, 0.25) is 5.02 Å². The average Bonchev–Trinajstić information content (AvgIpc) is 3.12. The standard InChI is InChI=1S/C26H24ClNO4/c27-23-14-6-1-8-17(23)9-7-15-24(25(29)30)28-26(31)32-16-22-20-12-4-2-10-18(20)19-11-3-5-13-21(19)22/h1-6,8,10-14,22,24H,7,9,15-16H2,(H,28,31)(H,29,30). The smallest absolute Gasteiger partial charge is 0.407 e. The van der Waals surface area contributed by atoms with Gasteiger partial charge in [-0.1, -0.05) is 78.3 Å².